The molecule has 0 aliphatic heterocycles. The molecule has 2 atom stereocenters. The molecule has 102 valence electrons. The number of rotatable bonds is 2. The molecule has 0 aromatic heterocycles. The van der Waals surface area contributed by atoms with E-state index in [1.165, 1.54) is 18.2 Å². The second-order valence-corrected chi connectivity index (χ2v) is 4.90. The van der Waals surface area contributed by atoms with Gasteiger partial charge in [0.1, 0.15) is 5.82 Å². The summed E-state index contributed by atoms with van der Waals surface area (Å²) in [6.45, 7) is 0. The summed E-state index contributed by atoms with van der Waals surface area (Å²) in [5.41, 5.74) is 1.90. The van der Waals surface area contributed by atoms with Crippen LogP contribution in [0, 0.1) is 5.82 Å². The number of halogens is 1. The Labute approximate surface area is 116 Å². The topological polar surface area (TPSA) is 49.3 Å². The molecule has 1 aliphatic rings. The molecule has 2 aromatic carbocycles. The highest BCUT2D eigenvalue weighted by Gasteiger charge is 2.32. The maximum atomic E-state index is 13.6. The molecular formula is C16H14FNO2. The molecule has 4 heteroatoms. The quantitative estimate of drug-likeness (QED) is 0.880. The Kier molecular flexibility index (Phi) is 3.24. The zero-order valence-corrected chi connectivity index (χ0v) is 10.7. The van der Waals surface area contributed by atoms with Gasteiger partial charge in [-0.1, -0.05) is 36.4 Å². The maximum absolute atomic E-state index is 13.6. The number of nitrogens with one attached hydrogen (secondary N) is 1. The minimum Gasteiger partial charge on any atom is -0.390 e. The van der Waals surface area contributed by atoms with Crippen molar-refractivity contribution in [2.45, 2.75) is 18.6 Å². The Morgan fingerprint density at radius 3 is 2.65 bits per heavy atom. The van der Waals surface area contributed by atoms with Gasteiger partial charge in [0.15, 0.2) is 0 Å². The van der Waals surface area contributed by atoms with E-state index in [1.807, 2.05) is 24.3 Å². The number of fused-ring (bicyclic) bond motifs is 1. The number of hydrogen-bond donors (Lipinski definition) is 2. The fraction of sp³-hybridized carbons (Fsp3) is 0.188. The standard InChI is InChI=1S/C16H14FNO2/c17-13-8-4-3-7-12(13)16(20)18-15-11-6-2-1-5-10(11)9-14(15)19/h1-8,14-15,19H,9H2,(H,18,20)/t14-,15+/m1/s1. The van der Waals surface area contributed by atoms with E-state index < -0.39 is 23.9 Å². The molecular weight excluding hydrogens is 257 g/mol. The van der Waals surface area contributed by atoms with Gasteiger partial charge in [0, 0.05) is 6.42 Å². The van der Waals surface area contributed by atoms with Crippen LogP contribution in [0.2, 0.25) is 0 Å². The summed E-state index contributed by atoms with van der Waals surface area (Å²) < 4.78 is 13.6. The van der Waals surface area contributed by atoms with Crippen molar-refractivity contribution in [3.8, 4) is 0 Å². The molecule has 3 nitrogen and oxygen atoms in total. The van der Waals surface area contributed by atoms with Crippen LogP contribution in [-0.4, -0.2) is 17.1 Å². The van der Waals surface area contributed by atoms with Crippen LogP contribution in [0.1, 0.15) is 27.5 Å². The van der Waals surface area contributed by atoms with Crippen molar-refractivity contribution >= 4 is 5.91 Å². The van der Waals surface area contributed by atoms with E-state index in [9.17, 15) is 14.3 Å². The van der Waals surface area contributed by atoms with Crippen LogP contribution in [0.5, 0.6) is 0 Å². The summed E-state index contributed by atoms with van der Waals surface area (Å²) in [6, 6.07) is 12.9. The SMILES string of the molecule is O=C(N[C@H]1c2ccccc2C[C@H]1O)c1ccccc1F. The van der Waals surface area contributed by atoms with Gasteiger partial charge >= 0.3 is 0 Å². The third-order valence-corrected chi connectivity index (χ3v) is 3.61. The molecule has 0 heterocycles. The van der Waals surface area contributed by atoms with Gasteiger partial charge in [-0.25, -0.2) is 4.39 Å². The van der Waals surface area contributed by atoms with E-state index in [0.29, 0.717) is 6.42 Å². The highest BCUT2D eigenvalue weighted by Crippen LogP contribution is 2.31. The van der Waals surface area contributed by atoms with Gasteiger partial charge in [0.2, 0.25) is 0 Å². The van der Waals surface area contributed by atoms with Crippen LogP contribution in [0.3, 0.4) is 0 Å². The average molecular weight is 271 g/mol. The van der Waals surface area contributed by atoms with Crippen molar-refractivity contribution in [3.05, 3.63) is 71.0 Å². The van der Waals surface area contributed by atoms with Gasteiger partial charge < -0.3 is 10.4 Å². The molecule has 0 fully saturated rings. The molecule has 0 spiro atoms. The van der Waals surface area contributed by atoms with Crippen molar-refractivity contribution in [3.63, 3.8) is 0 Å². The van der Waals surface area contributed by atoms with Crippen molar-refractivity contribution in [2.75, 3.05) is 0 Å². The Morgan fingerprint density at radius 1 is 1.15 bits per heavy atom. The van der Waals surface area contributed by atoms with Crippen molar-refractivity contribution in [1.82, 2.24) is 5.32 Å². The second kappa shape index (κ2) is 5.06. The molecule has 0 radical (unpaired) electrons. The smallest absolute Gasteiger partial charge is 0.254 e. The van der Waals surface area contributed by atoms with Crippen LogP contribution >= 0.6 is 0 Å². The highest BCUT2D eigenvalue weighted by molar-refractivity contribution is 5.94. The molecule has 0 saturated carbocycles. The molecule has 1 amide bonds. The normalized spacial score (nSPS) is 20.5. The molecule has 20 heavy (non-hydrogen) atoms. The lowest BCUT2D eigenvalue weighted by molar-refractivity contribution is 0.0854. The van der Waals surface area contributed by atoms with Crippen LogP contribution in [-0.2, 0) is 6.42 Å². The molecule has 2 aromatic rings. The zero-order valence-electron chi connectivity index (χ0n) is 10.7. The Hall–Kier alpha value is -2.20. The van der Waals surface area contributed by atoms with Gasteiger partial charge in [0.05, 0.1) is 17.7 Å². The van der Waals surface area contributed by atoms with Gasteiger partial charge in [-0.2, -0.15) is 0 Å². The molecule has 1 aliphatic carbocycles. The third-order valence-electron chi connectivity index (χ3n) is 3.61. The lowest BCUT2D eigenvalue weighted by Gasteiger charge is -2.18. The highest BCUT2D eigenvalue weighted by atomic mass is 19.1. The Balaban J connectivity index is 1.85. The first-order valence-corrected chi connectivity index (χ1v) is 6.48. The van der Waals surface area contributed by atoms with Gasteiger partial charge in [-0.05, 0) is 23.3 Å². The predicted octanol–water partition coefficient (Wildman–Crippen LogP) is 2.21. The van der Waals surface area contributed by atoms with Crippen LogP contribution < -0.4 is 5.32 Å². The number of benzene rings is 2. The minimum absolute atomic E-state index is 0.0101. The first-order valence-electron chi connectivity index (χ1n) is 6.48. The number of hydrogen-bond acceptors (Lipinski definition) is 2. The van der Waals surface area contributed by atoms with Gasteiger partial charge in [-0.3, -0.25) is 4.79 Å². The number of aliphatic hydroxyl groups excluding tert-OH is 1. The second-order valence-electron chi connectivity index (χ2n) is 4.90. The summed E-state index contributed by atoms with van der Waals surface area (Å²) in [6.07, 6.45) is -0.179. The third kappa shape index (κ3) is 2.18. The average Bonchev–Trinajstić information content (AvgIpc) is 2.76. The summed E-state index contributed by atoms with van der Waals surface area (Å²) in [4.78, 5) is 12.1. The van der Waals surface area contributed by atoms with Crippen molar-refractivity contribution < 1.29 is 14.3 Å². The van der Waals surface area contributed by atoms with Crippen LogP contribution in [0.25, 0.3) is 0 Å². The Bertz CT molecular complexity index is 656. The molecule has 3 rings (SSSR count). The fourth-order valence-electron chi connectivity index (χ4n) is 2.61. The largest absolute Gasteiger partial charge is 0.390 e. The number of carbonyl (C=O) groups is 1. The van der Waals surface area contributed by atoms with Crippen molar-refractivity contribution in [2.24, 2.45) is 0 Å². The maximum Gasteiger partial charge on any atom is 0.254 e. The summed E-state index contributed by atoms with van der Waals surface area (Å²) >= 11 is 0. The number of carbonyl (C=O) groups excluding carboxylic acids is 1. The lowest BCUT2D eigenvalue weighted by Crippen LogP contribution is -2.34. The first kappa shape index (κ1) is 12.8. The number of amides is 1. The summed E-state index contributed by atoms with van der Waals surface area (Å²) in [5, 5.41) is 12.8. The van der Waals surface area contributed by atoms with E-state index in [-0.39, 0.29) is 5.56 Å². The number of aliphatic hydroxyl groups is 1. The van der Waals surface area contributed by atoms with Gasteiger partial charge in [0.25, 0.3) is 5.91 Å². The van der Waals surface area contributed by atoms with E-state index >= 15 is 0 Å². The first-order chi connectivity index (χ1) is 9.66. The summed E-state index contributed by atoms with van der Waals surface area (Å²) in [5.74, 6) is -1.07. The van der Waals surface area contributed by atoms with Gasteiger partial charge in [-0.15, -0.1) is 0 Å². The van der Waals surface area contributed by atoms with Crippen LogP contribution in [0.4, 0.5) is 4.39 Å². The summed E-state index contributed by atoms with van der Waals surface area (Å²) in [7, 11) is 0. The lowest BCUT2D eigenvalue weighted by atomic mass is 10.1. The van der Waals surface area contributed by atoms with E-state index in [2.05, 4.69) is 5.32 Å². The molecule has 0 unspecified atom stereocenters. The van der Waals surface area contributed by atoms with Crippen LogP contribution in [0.15, 0.2) is 48.5 Å². The predicted molar refractivity (Wildman–Crippen MR) is 72.8 cm³/mol. The fourth-order valence-corrected chi connectivity index (χ4v) is 2.61. The molecule has 2 N–H and O–H groups in total. The minimum atomic E-state index is -0.678. The molecule has 0 bridgehead atoms. The zero-order chi connectivity index (χ0) is 14.1. The monoisotopic (exact) mass is 271 g/mol. The van der Waals surface area contributed by atoms with E-state index in [4.69, 9.17) is 0 Å². The van der Waals surface area contributed by atoms with E-state index in [0.717, 1.165) is 11.1 Å². The molecule has 0 saturated heterocycles. The van der Waals surface area contributed by atoms with Crippen molar-refractivity contribution in [1.29, 1.82) is 0 Å². The van der Waals surface area contributed by atoms with E-state index in [1.54, 1.807) is 6.07 Å². The Morgan fingerprint density at radius 2 is 1.85 bits per heavy atom.